The summed E-state index contributed by atoms with van der Waals surface area (Å²) in [4.78, 5) is 11.8. The lowest BCUT2D eigenvalue weighted by Crippen LogP contribution is -2.25. The Morgan fingerprint density at radius 3 is 2.94 bits per heavy atom. The number of aliphatic hydroxyl groups is 1. The van der Waals surface area contributed by atoms with Gasteiger partial charge in [0.1, 0.15) is 4.47 Å². The molecule has 16 heavy (non-hydrogen) atoms. The zero-order chi connectivity index (χ0) is 12.1. The van der Waals surface area contributed by atoms with Crippen molar-refractivity contribution in [2.75, 3.05) is 11.9 Å². The van der Waals surface area contributed by atoms with Crippen LogP contribution in [-0.4, -0.2) is 27.5 Å². The molecule has 0 saturated carbocycles. The molecule has 1 unspecified atom stereocenters. The molecule has 2 N–H and O–H groups in total. The fourth-order valence-corrected chi connectivity index (χ4v) is 1.66. The third-order valence-electron chi connectivity index (χ3n) is 2.01. The van der Waals surface area contributed by atoms with E-state index >= 15 is 0 Å². The van der Waals surface area contributed by atoms with Crippen LogP contribution < -0.4 is 10.9 Å². The predicted molar refractivity (Wildman–Crippen MR) is 66.7 cm³/mol. The van der Waals surface area contributed by atoms with E-state index in [-0.39, 0.29) is 5.56 Å². The molecule has 1 rings (SSSR count). The number of aryl methyl sites for hydroxylation is 1. The summed E-state index contributed by atoms with van der Waals surface area (Å²) in [5, 5.41) is 16.1. The van der Waals surface area contributed by atoms with E-state index in [2.05, 4.69) is 26.3 Å². The van der Waals surface area contributed by atoms with Gasteiger partial charge < -0.3 is 10.4 Å². The van der Waals surface area contributed by atoms with Crippen LogP contribution in [0.15, 0.2) is 15.5 Å². The molecule has 0 aliphatic heterocycles. The van der Waals surface area contributed by atoms with Crippen LogP contribution in [0, 0.1) is 0 Å². The third kappa shape index (κ3) is 3.31. The molecule has 0 aliphatic rings. The molecular formula is C10H16BrN3O2. The van der Waals surface area contributed by atoms with E-state index in [0.717, 1.165) is 6.42 Å². The van der Waals surface area contributed by atoms with E-state index in [4.69, 9.17) is 5.11 Å². The molecule has 0 saturated heterocycles. The Labute approximate surface area is 103 Å². The highest BCUT2D eigenvalue weighted by molar-refractivity contribution is 9.10. The number of rotatable bonds is 5. The van der Waals surface area contributed by atoms with E-state index in [1.807, 2.05) is 6.92 Å². The van der Waals surface area contributed by atoms with Crippen molar-refractivity contribution in [1.82, 2.24) is 9.78 Å². The molecule has 90 valence electrons. The lowest BCUT2D eigenvalue weighted by atomic mass is 10.4. The number of aliphatic hydroxyl groups excluding tert-OH is 1. The molecule has 0 aromatic carbocycles. The first-order valence-corrected chi connectivity index (χ1v) is 6.03. The third-order valence-corrected chi connectivity index (χ3v) is 2.77. The van der Waals surface area contributed by atoms with Gasteiger partial charge in [0.2, 0.25) is 0 Å². The smallest absolute Gasteiger partial charge is 0.283 e. The lowest BCUT2D eigenvalue weighted by molar-refractivity contribution is 0.208. The van der Waals surface area contributed by atoms with Gasteiger partial charge in [-0.15, -0.1) is 0 Å². The number of nitrogens with one attached hydrogen (secondary N) is 1. The largest absolute Gasteiger partial charge is 0.392 e. The van der Waals surface area contributed by atoms with Crippen molar-refractivity contribution in [1.29, 1.82) is 0 Å². The summed E-state index contributed by atoms with van der Waals surface area (Å²) in [5.74, 6) is 0. The number of aromatic nitrogens is 2. The molecule has 1 heterocycles. The minimum Gasteiger partial charge on any atom is -0.392 e. The standard InChI is InChI=1S/C10H16BrN3O2/c1-3-4-14-10(16)9(11)8(6-13-14)12-5-7(2)15/h6-7,12,15H,3-5H2,1-2H3. The minimum atomic E-state index is -0.468. The van der Waals surface area contributed by atoms with Gasteiger partial charge in [0, 0.05) is 13.1 Å². The zero-order valence-corrected chi connectivity index (χ0v) is 11.0. The Morgan fingerprint density at radius 1 is 1.69 bits per heavy atom. The molecule has 0 amide bonds. The summed E-state index contributed by atoms with van der Waals surface area (Å²) in [6.07, 6.45) is 1.98. The second-order valence-corrected chi connectivity index (χ2v) is 4.42. The van der Waals surface area contributed by atoms with Crippen LogP contribution in [0.4, 0.5) is 5.69 Å². The predicted octanol–water partition coefficient (Wildman–Crippen LogP) is 1.21. The molecule has 0 spiro atoms. The van der Waals surface area contributed by atoms with Gasteiger partial charge >= 0.3 is 0 Å². The van der Waals surface area contributed by atoms with Crippen molar-refractivity contribution >= 4 is 21.6 Å². The number of halogens is 1. The first-order valence-electron chi connectivity index (χ1n) is 5.23. The first-order chi connectivity index (χ1) is 7.56. The van der Waals surface area contributed by atoms with Crippen LogP contribution in [-0.2, 0) is 6.54 Å². The highest BCUT2D eigenvalue weighted by Gasteiger charge is 2.08. The monoisotopic (exact) mass is 289 g/mol. The average molecular weight is 290 g/mol. The maximum Gasteiger partial charge on any atom is 0.283 e. The van der Waals surface area contributed by atoms with E-state index in [9.17, 15) is 4.79 Å². The fraction of sp³-hybridized carbons (Fsp3) is 0.600. The average Bonchev–Trinajstić information content (AvgIpc) is 2.24. The Balaban J connectivity index is 2.89. The van der Waals surface area contributed by atoms with Gasteiger partial charge in [-0.05, 0) is 29.3 Å². The SMILES string of the molecule is CCCn1ncc(NCC(C)O)c(Br)c1=O. The van der Waals surface area contributed by atoms with Gasteiger partial charge in [0.25, 0.3) is 5.56 Å². The summed E-state index contributed by atoms with van der Waals surface area (Å²) in [7, 11) is 0. The number of nitrogens with zero attached hydrogens (tertiary/aromatic N) is 2. The van der Waals surface area contributed by atoms with Crippen LogP contribution >= 0.6 is 15.9 Å². The molecule has 6 heteroatoms. The Bertz CT molecular complexity index is 404. The summed E-state index contributed by atoms with van der Waals surface area (Å²) in [6.45, 7) is 4.65. The second-order valence-electron chi connectivity index (χ2n) is 3.63. The Hall–Kier alpha value is -0.880. The van der Waals surface area contributed by atoms with Gasteiger partial charge in [0.15, 0.2) is 0 Å². The lowest BCUT2D eigenvalue weighted by Gasteiger charge is -2.11. The number of hydrogen-bond donors (Lipinski definition) is 2. The van der Waals surface area contributed by atoms with E-state index in [0.29, 0.717) is 23.2 Å². The Kier molecular flexibility index (Phi) is 4.95. The van der Waals surface area contributed by atoms with Gasteiger partial charge in [0.05, 0.1) is 18.0 Å². The van der Waals surface area contributed by atoms with Crippen LogP contribution in [0.25, 0.3) is 0 Å². The van der Waals surface area contributed by atoms with E-state index in [1.165, 1.54) is 4.68 Å². The van der Waals surface area contributed by atoms with Crippen LogP contribution in [0.1, 0.15) is 20.3 Å². The maximum absolute atomic E-state index is 11.8. The maximum atomic E-state index is 11.8. The first kappa shape index (κ1) is 13.2. The molecule has 1 aromatic rings. The molecule has 5 nitrogen and oxygen atoms in total. The van der Waals surface area contributed by atoms with Crippen molar-refractivity contribution in [2.24, 2.45) is 0 Å². The summed E-state index contributed by atoms with van der Waals surface area (Å²) in [6, 6.07) is 0. The molecule has 0 bridgehead atoms. The van der Waals surface area contributed by atoms with Gasteiger partial charge in [-0.25, -0.2) is 4.68 Å². The normalized spacial score (nSPS) is 12.5. The summed E-state index contributed by atoms with van der Waals surface area (Å²) < 4.78 is 1.87. The molecular weight excluding hydrogens is 274 g/mol. The van der Waals surface area contributed by atoms with Crippen molar-refractivity contribution in [3.8, 4) is 0 Å². The molecule has 0 fully saturated rings. The second kappa shape index (κ2) is 6.00. The van der Waals surface area contributed by atoms with Crippen molar-refractivity contribution < 1.29 is 5.11 Å². The van der Waals surface area contributed by atoms with E-state index < -0.39 is 6.10 Å². The number of hydrogen-bond acceptors (Lipinski definition) is 4. The Morgan fingerprint density at radius 2 is 2.38 bits per heavy atom. The zero-order valence-electron chi connectivity index (χ0n) is 9.40. The number of anilines is 1. The summed E-state index contributed by atoms with van der Waals surface area (Å²) >= 11 is 3.23. The molecule has 1 atom stereocenters. The fourth-order valence-electron chi connectivity index (χ4n) is 1.22. The van der Waals surface area contributed by atoms with Crippen LogP contribution in [0.3, 0.4) is 0 Å². The van der Waals surface area contributed by atoms with Crippen LogP contribution in [0.2, 0.25) is 0 Å². The van der Waals surface area contributed by atoms with Crippen molar-refractivity contribution in [3.05, 3.63) is 21.0 Å². The minimum absolute atomic E-state index is 0.155. The van der Waals surface area contributed by atoms with E-state index in [1.54, 1.807) is 13.1 Å². The topological polar surface area (TPSA) is 67.2 Å². The summed E-state index contributed by atoms with van der Waals surface area (Å²) in [5.41, 5.74) is 0.454. The van der Waals surface area contributed by atoms with Crippen LogP contribution in [0.5, 0.6) is 0 Å². The van der Waals surface area contributed by atoms with Gasteiger partial charge in [-0.2, -0.15) is 5.10 Å². The quantitative estimate of drug-likeness (QED) is 0.855. The highest BCUT2D eigenvalue weighted by atomic mass is 79.9. The van der Waals surface area contributed by atoms with Crippen molar-refractivity contribution in [2.45, 2.75) is 32.9 Å². The molecule has 0 aliphatic carbocycles. The molecule has 1 aromatic heterocycles. The van der Waals surface area contributed by atoms with Crippen molar-refractivity contribution in [3.63, 3.8) is 0 Å². The van der Waals surface area contributed by atoms with Gasteiger partial charge in [-0.1, -0.05) is 6.92 Å². The molecule has 0 radical (unpaired) electrons. The van der Waals surface area contributed by atoms with Gasteiger partial charge in [-0.3, -0.25) is 4.79 Å². The highest BCUT2D eigenvalue weighted by Crippen LogP contribution is 2.15.